The Morgan fingerprint density at radius 1 is 1.22 bits per heavy atom. The Morgan fingerprint density at radius 2 is 2.11 bits per heavy atom. The molecule has 1 N–H and O–H groups in total. The average Bonchev–Trinajstić information content (AvgIpc) is 2.61. The maximum Gasteiger partial charge on any atom is 0.197 e. The molecule has 2 aliphatic rings. The van der Waals surface area contributed by atoms with Crippen LogP contribution in [0, 0.1) is 0 Å². The highest BCUT2D eigenvalue weighted by Crippen LogP contribution is 2.17. The van der Waals surface area contributed by atoms with E-state index >= 15 is 0 Å². The highest BCUT2D eigenvalue weighted by Gasteiger charge is 2.14. The third-order valence-corrected chi connectivity index (χ3v) is 3.05. The first-order valence-electron chi connectivity index (χ1n) is 6.17. The molecule has 3 nitrogen and oxygen atoms in total. The standard InChI is InChI=1S/C15H16N2O/c1-2-5-13(6-3-1)11-17-9-10-18-15-14(12-17)7-4-8-16-15/h1-7,9-10,16H,8,11-12H2. The molecule has 0 aliphatic carbocycles. The van der Waals surface area contributed by atoms with E-state index in [1.807, 2.05) is 12.3 Å². The van der Waals surface area contributed by atoms with Crippen LogP contribution in [0.2, 0.25) is 0 Å². The van der Waals surface area contributed by atoms with Crippen molar-refractivity contribution in [2.75, 3.05) is 13.1 Å². The van der Waals surface area contributed by atoms with Crippen LogP contribution in [0.3, 0.4) is 0 Å². The van der Waals surface area contributed by atoms with Crippen molar-refractivity contribution >= 4 is 0 Å². The van der Waals surface area contributed by atoms with Crippen LogP contribution < -0.4 is 5.32 Å². The molecule has 0 saturated carbocycles. The lowest BCUT2D eigenvalue weighted by Crippen LogP contribution is -2.24. The van der Waals surface area contributed by atoms with Crippen LogP contribution in [-0.2, 0) is 11.3 Å². The first-order valence-corrected chi connectivity index (χ1v) is 6.17. The van der Waals surface area contributed by atoms with E-state index in [0.29, 0.717) is 0 Å². The Morgan fingerprint density at radius 3 is 3.00 bits per heavy atom. The van der Waals surface area contributed by atoms with Crippen LogP contribution in [0.15, 0.2) is 66.4 Å². The van der Waals surface area contributed by atoms with E-state index in [1.165, 1.54) is 11.1 Å². The number of nitrogens with one attached hydrogen (secondary N) is 1. The van der Waals surface area contributed by atoms with E-state index in [4.69, 9.17) is 4.74 Å². The van der Waals surface area contributed by atoms with Crippen molar-refractivity contribution in [3.63, 3.8) is 0 Å². The van der Waals surface area contributed by atoms with Gasteiger partial charge in [-0.15, -0.1) is 0 Å². The Balaban J connectivity index is 1.74. The van der Waals surface area contributed by atoms with Gasteiger partial charge in [-0.1, -0.05) is 42.5 Å². The first-order chi connectivity index (χ1) is 8.92. The van der Waals surface area contributed by atoms with Gasteiger partial charge in [-0.05, 0) is 5.56 Å². The second-order valence-corrected chi connectivity index (χ2v) is 4.43. The van der Waals surface area contributed by atoms with E-state index < -0.39 is 0 Å². The van der Waals surface area contributed by atoms with Gasteiger partial charge in [-0.3, -0.25) is 0 Å². The van der Waals surface area contributed by atoms with E-state index in [2.05, 4.69) is 46.6 Å². The van der Waals surface area contributed by atoms with E-state index in [-0.39, 0.29) is 0 Å². The minimum Gasteiger partial charge on any atom is -0.447 e. The first kappa shape index (κ1) is 11.0. The molecular formula is C15H16N2O. The summed E-state index contributed by atoms with van der Waals surface area (Å²) in [5.41, 5.74) is 2.50. The number of benzene rings is 1. The Bertz CT molecular complexity index is 502. The van der Waals surface area contributed by atoms with Gasteiger partial charge in [0, 0.05) is 31.4 Å². The summed E-state index contributed by atoms with van der Waals surface area (Å²) in [6, 6.07) is 10.5. The number of ether oxygens (including phenoxy) is 1. The molecule has 3 rings (SSSR count). The molecule has 92 valence electrons. The predicted molar refractivity (Wildman–Crippen MR) is 71.2 cm³/mol. The lowest BCUT2D eigenvalue weighted by molar-refractivity contribution is 0.313. The number of rotatable bonds is 2. The SMILES string of the molecule is C1=CC2=C(NC1)OC=CN(Cc1ccccc1)C2. The average molecular weight is 240 g/mol. The molecular weight excluding hydrogens is 224 g/mol. The summed E-state index contributed by atoms with van der Waals surface area (Å²) < 4.78 is 5.57. The summed E-state index contributed by atoms with van der Waals surface area (Å²) in [5, 5.41) is 3.24. The zero-order chi connectivity index (χ0) is 12.2. The highest BCUT2D eigenvalue weighted by molar-refractivity contribution is 5.29. The van der Waals surface area contributed by atoms with Gasteiger partial charge in [-0.2, -0.15) is 0 Å². The summed E-state index contributed by atoms with van der Waals surface area (Å²) in [6.07, 6.45) is 8.00. The largest absolute Gasteiger partial charge is 0.447 e. The second-order valence-electron chi connectivity index (χ2n) is 4.43. The summed E-state index contributed by atoms with van der Waals surface area (Å²) in [4.78, 5) is 2.25. The number of nitrogens with zero attached hydrogens (tertiary/aromatic N) is 1. The third-order valence-electron chi connectivity index (χ3n) is 3.05. The van der Waals surface area contributed by atoms with E-state index in [1.54, 1.807) is 6.26 Å². The number of dihydropyridines is 1. The van der Waals surface area contributed by atoms with Gasteiger partial charge in [0.05, 0.1) is 0 Å². The van der Waals surface area contributed by atoms with Crippen LogP contribution in [0.4, 0.5) is 0 Å². The fourth-order valence-electron chi connectivity index (χ4n) is 2.17. The Labute approximate surface area is 107 Å². The molecule has 0 spiro atoms. The highest BCUT2D eigenvalue weighted by atomic mass is 16.5. The van der Waals surface area contributed by atoms with Gasteiger partial charge < -0.3 is 15.0 Å². The summed E-state index contributed by atoms with van der Waals surface area (Å²) in [6.45, 7) is 2.60. The van der Waals surface area contributed by atoms with E-state index in [9.17, 15) is 0 Å². The molecule has 2 aliphatic heterocycles. The normalized spacial score (nSPS) is 17.9. The molecule has 0 aromatic heterocycles. The molecule has 0 amide bonds. The molecule has 0 radical (unpaired) electrons. The van der Waals surface area contributed by atoms with Crippen molar-refractivity contribution < 1.29 is 4.74 Å². The van der Waals surface area contributed by atoms with Crippen LogP contribution in [-0.4, -0.2) is 18.0 Å². The topological polar surface area (TPSA) is 24.5 Å². The molecule has 0 unspecified atom stereocenters. The Kier molecular flexibility index (Phi) is 3.05. The lowest BCUT2D eigenvalue weighted by Gasteiger charge is -2.21. The van der Waals surface area contributed by atoms with Crippen molar-refractivity contribution in [1.82, 2.24) is 10.2 Å². The molecule has 0 fully saturated rings. The molecule has 18 heavy (non-hydrogen) atoms. The van der Waals surface area contributed by atoms with Crippen molar-refractivity contribution in [2.24, 2.45) is 0 Å². The van der Waals surface area contributed by atoms with Gasteiger partial charge in [0.25, 0.3) is 0 Å². The predicted octanol–water partition coefficient (Wildman–Crippen LogP) is 2.36. The minimum absolute atomic E-state index is 0.839. The van der Waals surface area contributed by atoms with Crippen molar-refractivity contribution in [2.45, 2.75) is 6.54 Å². The van der Waals surface area contributed by atoms with Gasteiger partial charge in [0.1, 0.15) is 6.26 Å². The zero-order valence-electron chi connectivity index (χ0n) is 10.2. The fraction of sp³-hybridized carbons (Fsp3) is 0.200. The fourth-order valence-corrected chi connectivity index (χ4v) is 2.17. The lowest BCUT2D eigenvalue weighted by atomic mass is 10.1. The maximum atomic E-state index is 5.57. The van der Waals surface area contributed by atoms with Gasteiger partial charge >= 0.3 is 0 Å². The van der Waals surface area contributed by atoms with Gasteiger partial charge in [0.2, 0.25) is 0 Å². The van der Waals surface area contributed by atoms with Crippen molar-refractivity contribution in [1.29, 1.82) is 0 Å². The van der Waals surface area contributed by atoms with E-state index in [0.717, 1.165) is 25.5 Å². The van der Waals surface area contributed by atoms with Crippen LogP contribution >= 0.6 is 0 Å². The Hall–Kier alpha value is -2.16. The second kappa shape index (κ2) is 5.00. The monoisotopic (exact) mass is 240 g/mol. The quantitative estimate of drug-likeness (QED) is 0.859. The molecule has 2 heterocycles. The van der Waals surface area contributed by atoms with Gasteiger partial charge in [-0.25, -0.2) is 0 Å². The molecule has 0 atom stereocenters. The van der Waals surface area contributed by atoms with Crippen LogP contribution in [0.25, 0.3) is 0 Å². The molecule has 1 aromatic rings. The van der Waals surface area contributed by atoms with Crippen LogP contribution in [0.1, 0.15) is 5.56 Å². The molecule has 0 bridgehead atoms. The molecule has 3 heteroatoms. The van der Waals surface area contributed by atoms with Crippen molar-refractivity contribution in [3.05, 3.63) is 72.0 Å². The summed E-state index contributed by atoms with van der Waals surface area (Å²) in [5.74, 6) is 0.879. The minimum atomic E-state index is 0.839. The molecule has 0 saturated heterocycles. The summed E-state index contributed by atoms with van der Waals surface area (Å²) in [7, 11) is 0. The summed E-state index contributed by atoms with van der Waals surface area (Å²) >= 11 is 0. The zero-order valence-corrected chi connectivity index (χ0v) is 10.2. The number of hydrogen-bond acceptors (Lipinski definition) is 3. The van der Waals surface area contributed by atoms with Crippen molar-refractivity contribution in [3.8, 4) is 0 Å². The molecule has 1 aromatic carbocycles. The smallest absolute Gasteiger partial charge is 0.197 e. The third kappa shape index (κ3) is 2.40. The van der Waals surface area contributed by atoms with Gasteiger partial charge in [0.15, 0.2) is 5.88 Å². The number of hydrogen-bond donors (Lipinski definition) is 1. The maximum absolute atomic E-state index is 5.57. The van der Waals surface area contributed by atoms with Crippen LogP contribution in [0.5, 0.6) is 0 Å².